The molecule has 2 aromatic rings. The van der Waals surface area contributed by atoms with E-state index < -0.39 is 5.97 Å². The van der Waals surface area contributed by atoms with Gasteiger partial charge in [0.05, 0.1) is 17.9 Å². The fourth-order valence-electron chi connectivity index (χ4n) is 4.37. The van der Waals surface area contributed by atoms with Crippen molar-refractivity contribution < 1.29 is 14.7 Å². The monoisotopic (exact) mass is 446 g/mol. The van der Waals surface area contributed by atoms with Gasteiger partial charge < -0.3 is 10.0 Å². The van der Waals surface area contributed by atoms with E-state index in [9.17, 15) is 14.7 Å². The SMILES string of the molecule is CCCC(C)C(=O)N(c1cc(C(C)(C)C)sc1C(=O)O)C1CCC(n2ccnn2)CC1. The lowest BCUT2D eigenvalue weighted by Crippen LogP contribution is -2.45. The lowest BCUT2D eigenvalue weighted by molar-refractivity contribution is -0.122. The Hall–Kier alpha value is -2.22. The number of carbonyl (C=O) groups is 2. The van der Waals surface area contributed by atoms with Crippen LogP contribution in [0.1, 0.15) is 93.7 Å². The average Bonchev–Trinajstić information content (AvgIpc) is 3.39. The first-order chi connectivity index (χ1) is 14.6. The fourth-order valence-corrected chi connectivity index (χ4v) is 5.41. The first-order valence-corrected chi connectivity index (χ1v) is 12.0. The summed E-state index contributed by atoms with van der Waals surface area (Å²) in [4.78, 5) is 28.8. The highest BCUT2D eigenvalue weighted by Gasteiger charge is 2.36. The third kappa shape index (κ3) is 5.17. The summed E-state index contributed by atoms with van der Waals surface area (Å²) in [7, 11) is 0. The molecule has 0 aromatic carbocycles. The van der Waals surface area contributed by atoms with Crippen molar-refractivity contribution in [2.75, 3.05) is 4.90 Å². The highest BCUT2D eigenvalue weighted by molar-refractivity contribution is 7.14. The largest absolute Gasteiger partial charge is 0.477 e. The molecule has 0 saturated heterocycles. The number of rotatable bonds is 7. The Labute approximate surface area is 188 Å². The van der Waals surface area contributed by atoms with Crippen LogP contribution in [0.5, 0.6) is 0 Å². The number of anilines is 1. The van der Waals surface area contributed by atoms with Crippen molar-refractivity contribution in [2.24, 2.45) is 5.92 Å². The van der Waals surface area contributed by atoms with Gasteiger partial charge in [-0.05, 0) is 43.6 Å². The van der Waals surface area contributed by atoms with Crippen LogP contribution in [0.15, 0.2) is 18.5 Å². The lowest BCUT2D eigenvalue weighted by Gasteiger charge is -2.38. The van der Waals surface area contributed by atoms with Gasteiger partial charge in [0.1, 0.15) is 4.88 Å². The molecular weight excluding hydrogens is 412 g/mol. The molecule has 1 aliphatic carbocycles. The van der Waals surface area contributed by atoms with Crippen LogP contribution < -0.4 is 4.90 Å². The molecule has 2 aromatic heterocycles. The van der Waals surface area contributed by atoms with E-state index in [1.807, 2.05) is 28.8 Å². The minimum atomic E-state index is -0.965. The molecule has 1 fully saturated rings. The van der Waals surface area contributed by atoms with Crippen LogP contribution >= 0.6 is 11.3 Å². The zero-order valence-electron chi connectivity index (χ0n) is 19.2. The normalized spacial score (nSPS) is 20.4. The van der Waals surface area contributed by atoms with Gasteiger partial charge in [0.15, 0.2) is 0 Å². The van der Waals surface area contributed by atoms with Gasteiger partial charge in [0.2, 0.25) is 5.91 Å². The molecule has 1 saturated carbocycles. The molecule has 1 N–H and O–H groups in total. The Bertz CT molecular complexity index is 893. The van der Waals surface area contributed by atoms with Gasteiger partial charge in [-0.1, -0.05) is 46.3 Å². The van der Waals surface area contributed by atoms with E-state index in [1.165, 1.54) is 11.3 Å². The molecular formula is C23H34N4O3S. The average molecular weight is 447 g/mol. The van der Waals surface area contributed by atoms with E-state index in [2.05, 4.69) is 38.0 Å². The number of carboxylic acid groups (broad SMARTS) is 1. The molecule has 7 nitrogen and oxygen atoms in total. The van der Waals surface area contributed by atoms with Crippen LogP contribution in [0.2, 0.25) is 0 Å². The maximum atomic E-state index is 13.6. The van der Waals surface area contributed by atoms with Crippen molar-refractivity contribution in [1.82, 2.24) is 15.0 Å². The van der Waals surface area contributed by atoms with Crippen molar-refractivity contribution in [3.05, 3.63) is 28.2 Å². The summed E-state index contributed by atoms with van der Waals surface area (Å²) in [5, 5.41) is 18.0. The van der Waals surface area contributed by atoms with Gasteiger partial charge in [-0.3, -0.25) is 4.79 Å². The maximum Gasteiger partial charge on any atom is 0.348 e. The Morgan fingerprint density at radius 2 is 1.97 bits per heavy atom. The molecule has 0 bridgehead atoms. The van der Waals surface area contributed by atoms with Gasteiger partial charge >= 0.3 is 5.97 Å². The molecule has 0 aliphatic heterocycles. The fraction of sp³-hybridized carbons (Fsp3) is 0.652. The number of amides is 1. The van der Waals surface area contributed by atoms with Crippen molar-refractivity contribution >= 4 is 28.9 Å². The van der Waals surface area contributed by atoms with Gasteiger partial charge in [-0.15, -0.1) is 16.4 Å². The summed E-state index contributed by atoms with van der Waals surface area (Å²) >= 11 is 1.29. The van der Waals surface area contributed by atoms with Gasteiger partial charge in [-0.2, -0.15) is 0 Å². The number of aromatic carboxylic acids is 1. The second-order valence-electron chi connectivity index (χ2n) is 9.62. The lowest BCUT2D eigenvalue weighted by atomic mass is 9.88. The summed E-state index contributed by atoms with van der Waals surface area (Å²) in [5.41, 5.74) is 0.390. The Balaban J connectivity index is 1.95. The van der Waals surface area contributed by atoms with E-state index >= 15 is 0 Å². The van der Waals surface area contributed by atoms with Crippen LogP contribution in [0, 0.1) is 5.92 Å². The standard InChI is InChI=1S/C23H34N4O3S/c1-6-7-15(2)21(28)27(17-10-8-16(9-11-17)26-13-12-24-25-26)18-14-19(23(3,4)5)31-20(18)22(29)30/h12-17H,6-11H2,1-5H3,(H,29,30). The van der Waals surface area contributed by atoms with E-state index in [0.717, 1.165) is 43.4 Å². The number of hydrogen-bond donors (Lipinski definition) is 1. The molecule has 0 radical (unpaired) electrons. The highest BCUT2D eigenvalue weighted by atomic mass is 32.1. The number of carboxylic acids is 1. The van der Waals surface area contributed by atoms with Crippen molar-refractivity contribution in [3.63, 3.8) is 0 Å². The van der Waals surface area contributed by atoms with Crippen LogP contribution in [0.4, 0.5) is 5.69 Å². The molecule has 1 unspecified atom stereocenters. The molecule has 3 rings (SSSR count). The number of aromatic nitrogens is 3. The Kier molecular flexibility index (Phi) is 7.19. The summed E-state index contributed by atoms with van der Waals surface area (Å²) in [5.74, 6) is -1.07. The van der Waals surface area contributed by atoms with Gasteiger partial charge in [0.25, 0.3) is 0 Å². The maximum absolute atomic E-state index is 13.6. The minimum Gasteiger partial charge on any atom is -0.477 e. The quantitative estimate of drug-likeness (QED) is 0.624. The Morgan fingerprint density at radius 1 is 1.29 bits per heavy atom. The smallest absolute Gasteiger partial charge is 0.348 e. The zero-order valence-corrected chi connectivity index (χ0v) is 20.0. The van der Waals surface area contributed by atoms with Crippen LogP contribution in [-0.4, -0.2) is 38.0 Å². The molecule has 0 spiro atoms. The number of nitrogens with zero attached hydrogens (tertiary/aromatic N) is 4. The number of hydrogen-bond acceptors (Lipinski definition) is 5. The molecule has 1 aliphatic rings. The van der Waals surface area contributed by atoms with E-state index in [0.29, 0.717) is 5.69 Å². The van der Waals surface area contributed by atoms with E-state index in [-0.39, 0.29) is 34.2 Å². The molecule has 1 amide bonds. The Morgan fingerprint density at radius 3 is 2.48 bits per heavy atom. The molecule has 1 atom stereocenters. The molecule has 2 heterocycles. The molecule has 170 valence electrons. The summed E-state index contributed by atoms with van der Waals surface area (Å²) < 4.78 is 1.90. The second-order valence-corrected chi connectivity index (χ2v) is 10.7. The van der Waals surface area contributed by atoms with Crippen LogP contribution in [0.25, 0.3) is 0 Å². The molecule has 8 heteroatoms. The zero-order chi connectivity index (χ0) is 22.8. The predicted octanol–water partition coefficient (Wildman–Crippen LogP) is 5.29. The van der Waals surface area contributed by atoms with E-state index in [4.69, 9.17) is 0 Å². The van der Waals surface area contributed by atoms with Crippen LogP contribution in [-0.2, 0) is 10.2 Å². The topological polar surface area (TPSA) is 88.3 Å². The minimum absolute atomic E-state index is 0.00732. The molecule has 31 heavy (non-hydrogen) atoms. The number of carbonyl (C=O) groups excluding carboxylic acids is 1. The highest BCUT2D eigenvalue weighted by Crippen LogP contribution is 2.41. The third-order valence-electron chi connectivity index (χ3n) is 6.13. The van der Waals surface area contributed by atoms with Crippen LogP contribution in [0.3, 0.4) is 0 Å². The third-order valence-corrected chi connectivity index (χ3v) is 7.67. The second kappa shape index (κ2) is 9.51. The van der Waals surface area contributed by atoms with Gasteiger partial charge in [0, 0.05) is 23.0 Å². The van der Waals surface area contributed by atoms with Crippen molar-refractivity contribution in [2.45, 2.75) is 90.6 Å². The van der Waals surface area contributed by atoms with E-state index in [1.54, 1.807) is 6.20 Å². The van der Waals surface area contributed by atoms with Crippen molar-refractivity contribution in [1.29, 1.82) is 0 Å². The summed E-state index contributed by atoms with van der Waals surface area (Å²) in [6, 6.07) is 2.20. The first kappa shape index (κ1) is 23.4. The predicted molar refractivity (Wildman–Crippen MR) is 123 cm³/mol. The number of thiophene rings is 1. The summed E-state index contributed by atoms with van der Waals surface area (Å²) in [6.07, 6.45) is 8.69. The van der Waals surface area contributed by atoms with Gasteiger partial charge in [-0.25, -0.2) is 9.48 Å². The summed E-state index contributed by atoms with van der Waals surface area (Å²) in [6.45, 7) is 10.2. The first-order valence-electron chi connectivity index (χ1n) is 11.2. The van der Waals surface area contributed by atoms with Crippen molar-refractivity contribution in [3.8, 4) is 0 Å².